The molecule has 0 fully saturated rings. The highest BCUT2D eigenvalue weighted by Gasteiger charge is 2.11. The lowest BCUT2D eigenvalue weighted by molar-refractivity contribution is 0.474. The minimum absolute atomic E-state index is 0.0989. The van der Waals surface area contributed by atoms with Gasteiger partial charge >= 0.3 is 0 Å². The number of nitrogens with one attached hydrogen (secondary N) is 1. The number of halogens is 1. The second kappa shape index (κ2) is 5.34. The molecule has 1 aliphatic carbocycles. The molecule has 2 heterocycles. The van der Waals surface area contributed by atoms with E-state index in [9.17, 15) is 9.90 Å². The van der Waals surface area contributed by atoms with E-state index >= 15 is 0 Å². The first-order chi connectivity index (χ1) is 11.1. The van der Waals surface area contributed by atoms with Crippen LogP contribution in [-0.2, 0) is 6.42 Å². The zero-order chi connectivity index (χ0) is 16.0. The molecule has 0 amide bonds. The van der Waals surface area contributed by atoms with Gasteiger partial charge in [-0.3, -0.25) is 9.78 Å². The van der Waals surface area contributed by atoms with Gasteiger partial charge in [-0.05, 0) is 43.5 Å². The van der Waals surface area contributed by atoms with Crippen molar-refractivity contribution >= 4 is 33.9 Å². The van der Waals surface area contributed by atoms with Crippen molar-refractivity contribution in [2.45, 2.75) is 19.3 Å². The largest absolute Gasteiger partial charge is 0.507 e. The lowest BCUT2D eigenvalue weighted by Gasteiger charge is -2.06. The summed E-state index contributed by atoms with van der Waals surface area (Å²) < 4.78 is 2.33. The van der Waals surface area contributed by atoms with Crippen molar-refractivity contribution in [2.24, 2.45) is 0 Å². The van der Waals surface area contributed by atoms with Crippen LogP contribution in [0.15, 0.2) is 27.5 Å². The Kier molecular flexibility index (Phi) is 3.30. The first kappa shape index (κ1) is 14.2. The molecule has 2 N–H and O–H groups in total. The SMILES string of the molecule is O=c1[nH]c2nc3c(nn2/c1=C\c1cc(Br)ccc1O)CCCC=3. The number of aryl methyl sites for hydroxylation is 1. The predicted molar refractivity (Wildman–Crippen MR) is 89.6 cm³/mol. The number of H-pyrrole nitrogens is 1. The van der Waals surface area contributed by atoms with Crippen LogP contribution in [0.3, 0.4) is 0 Å². The Morgan fingerprint density at radius 1 is 1.39 bits per heavy atom. The van der Waals surface area contributed by atoms with E-state index in [0.717, 1.165) is 34.8 Å². The zero-order valence-corrected chi connectivity index (χ0v) is 13.7. The van der Waals surface area contributed by atoms with Crippen molar-refractivity contribution in [3.8, 4) is 5.75 Å². The predicted octanol–water partition coefficient (Wildman–Crippen LogP) is 0.831. The van der Waals surface area contributed by atoms with Gasteiger partial charge in [0.05, 0.1) is 11.0 Å². The van der Waals surface area contributed by atoms with Crippen LogP contribution >= 0.6 is 15.9 Å². The summed E-state index contributed by atoms with van der Waals surface area (Å²) in [5.74, 6) is 0.509. The average Bonchev–Trinajstić information content (AvgIpc) is 2.84. The number of aromatic nitrogens is 4. The molecule has 0 radical (unpaired) electrons. The van der Waals surface area contributed by atoms with Gasteiger partial charge in [-0.2, -0.15) is 9.61 Å². The monoisotopic (exact) mass is 372 g/mol. The maximum atomic E-state index is 12.3. The number of rotatable bonds is 1. The molecule has 1 aliphatic rings. The third kappa shape index (κ3) is 2.46. The lowest BCUT2D eigenvalue weighted by atomic mass is 10.1. The molecule has 4 rings (SSSR count). The minimum atomic E-state index is -0.285. The van der Waals surface area contributed by atoms with Crippen molar-refractivity contribution in [1.82, 2.24) is 19.6 Å². The number of hydrogen-bond donors (Lipinski definition) is 2. The number of imidazole rings is 1. The van der Waals surface area contributed by atoms with Crippen molar-refractivity contribution in [2.75, 3.05) is 0 Å². The van der Waals surface area contributed by atoms with E-state index in [4.69, 9.17) is 0 Å². The summed E-state index contributed by atoms with van der Waals surface area (Å²) in [5, 5.41) is 15.7. The molecule has 23 heavy (non-hydrogen) atoms. The Balaban J connectivity index is 2.04. The number of aromatic hydroxyl groups is 1. The Hall–Kier alpha value is -2.41. The molecule has 116 valence electrons. The Labute approximate surface area is 138 Å². The van der Waals surface area contributed by atoms with E-state index in [1.165, 1.54) is 4.52 Å². The summed E-state index contributed by atoms with van der Waals surface area (Å²) in [4.78, 5) is 19.5. The smallest absolute Gasteiger partial charge is 0.276 e. The van der Waals surface area contributed by atoms with Crippen molar-refractivity contribution in [3.05, 3.63) is 55.0 Å². The third-order valence-corrected chi connectivity index (χ3v) is 4.36. The molecule has 0 saturated carbocycles. The number of benzene rings is 1. The topological polar surface area (TPSA) is 83.3 Å². The summed E-state index contributed by atoms with van der Waals surface area (Å²) in [6, 6.07) is 5.05. The molecule has 3 aromatic rings. The Morgan fingerprint density at radius 2 is 2.26 bits per heavy atom. The first-order valence-corrected chi connectivity index (χ1v) is 8.09. The maximum absolute atomic E-state index is 12.3. The number of nitrogens with zero attached hydrogens (tertiary/aromatic N) is 3. The zero-order valence-electron chi connectivity index (χ0n) is 12.1. The van der Waals surface area contributed by atoms with Gasteiger partial charge in [0.25, 0.3) is 5.56 Å². The summed E-state index contributed by atoms with van der Waals surface area (Å²) in [6.07, 6.45) is 6.52. The molecule has 0 saturated heterocycles. The maximum Gasteiger partial charge on any atom is 0.276 e. The highest BCUT2D eigenvalue weighted by Crippen LogP contribution is 2.22. The fraction of sp³-hybridized carbons (Fsp3) is 0.188. The van der Waals surface area contributed by atoms with Crippen molar-refractivity contribution in [3.63, 3.8) is 0 Å². The van der Waals surface area contributed by atoms with Crippen LogP contribution in [0.1, 0.15) is 24.1 Å². The molecule has 7 heteroatoms. The number of hydrogen-bond acceptors (Lipinski definition) is 4. The molecule has 6 nitrogen and oxygen atoms in total. The minimum Gasteiger partial charge on any atom is -0.507 e. The Bertz CT molecular complexity index is 1100. The van der Waals surface area contributed by atoms with E-state index < -0.39 is 0 Å². The highest BCUT2D eigenvalue weighted by molar-refractivity contribution is 9.10. The Morgan fingerprint density at radius 3 is 3.13 bits per heavy atom. The molecule has 0 atom stereocenters. The fourth-order valence-corrected chi connectivity index (χ4v) is 3.10. The van der Waals surface area contributed by atoms with Crippen molar-refractivity contribution < 1.29 is 5.11 Å². The summed E-state index contributed by atoms with van der Waals surface area (Å²) in [7, 11) is 0. The first-order valence-electron chi connectivity index (χ1n) is 7.30. The molecule has 0 unspecified atom stereocenters. The van der Waals surface area contributed by atoms with E-state index in [0.29, 0.717) is 16.7 Å². The summed E-state index contributed by atoms with van der Waals surface area (Å²) in [5.41, 5.74) is 1.14. The molecule has 1 aromatic carbocycles. The molecular formula is C16H13BrN4O2. The van der Waals surface area contributed by atoms with Crippen LogP contribution in [0.5, 0.6) is 5.75 Å². The molecular weight excluding hydrogens is 360 g/mol. The average molecular weight is 373 g/mol. The normalized spacial score (nSPS) is 14.7. The number of fused-ring (bicyclic) bond motifs is 2. The van der Waals surface area contributed by atoms with Gasteiger partial charge in [0.1, 0.15) is 11.1 Å². The van der Waals surface area contributed by atoms with Crippen LogP contribution in [0.2, 0.25) is 0 Å². The quantitative estimate of drug-likeness (QED) is 0.662. The van der Waals surface area contributed by atoms with Gasteiger partial charge in [0.15, 0.2) is 0 Å². The standard InChI is InChI=1S/C16H13BrN4O2/c17-10-5-6-14(22)9(7-10)8-13-15(23)19-16-18-11-3-1-2-4-12(11)20-21(13)16/h3,5-8,22H,1-2,4H2,(H,18,19,23)/b13-8-. The van der Waals surface area contributed by atoms with E-state index in [2.05, 4.69) is 31.0 Å². The van der Waals surface area contributed by atoms with Gasteiger partial charge in [0, 0.05) is 10.0 Å². The second-order valence-corrected chi connectivity index (χ2v) is 6.38. The van der Waals surface area contributed by atoms with Crippen LogP contribution in [0.4, 0.5) is 0 Å². The number of aromatic amines is 1. The molecule has 0 spiro atoms. The van der Waals surface area contributed by atoms with Crippen LogP contribution < -0.4 is 16.3 Å². The van der Waals surface area contributed by atoms with Gasteiger partial charge in [-0.15, -0.1) is 0 Å². The van der Waals surface area contributed by atoms with Gasteiger partial charge in [-0.25, -0.2) is 4.98 Å². The lowest BCUT2D eigenvalue weighted by Crippen LogP contribution is -2.30. The molecule has 0 aliphatic heterocycles. The highest BCUT2D eigenvalue weighted by atomic mass is 79.9. The molecule has 2 aromatic heterocycles. The van der Waals surface area contributed by atoms with Crippen LogP contribution in [0.25, 0.3) is 17.9 Å². The van der Waals surface area contributed by atoms with Crippen LogP contribution in [-0.4, -0.2) is 24.7 Å². The van der Waals surface area contributed by atoms with Crippen molar-refractivity contribution in [1.29, 1.82) is 0 Å². The summed E-state index contributed by atoms with van der Waals surface area (Å²) in [6.45, 7) is 0. The second-order valence-electron chi connectivity index (χ2n) is 5.46. The fourth-order valence-electron chi connectivity index (χ4n) is 2.72. The van der Waals surface area contributed by atoms with Gasteiger partial charge in [-0.1, -0.05) is 22.0 Å². The molecule has 0 bridgehead atoms. The summed E-state index contributed by atoms with van der Waals surface area (Å²) >= 11 is 3.36. The van der Waals surface area contributed by atoms with Crippen LogP contribution in [0, 0.1) is 0 Å². The van der Waals surface area contributed by atoms with E-state index in [1.807, 2.05) is 6.08 Å². The number of phenolic OH excluding ortho intramolecular Hbond substituents is 1. The number of phenols is 1. The third-order valence-electron chi connectivity index (χ3n) is 3.87. The van der Waals surface area contributed by atoms with E-state index in [1.54, 1.807) is 24.3 Å². The van der Waals surface area contributed by atoms with Gasteiger partial charge in [0.2, 0.25) is 5.78 Å². The van der Waals surface area contributed by atoms with E-state index in [-0.39, 0.29) is 11.3 Å². The van der Waals surface area contributed by atoms with Gasteiger partial charge < -0.3 is 5.11 Å².